The molecule has 2 amide bonds. The quantitative estimate of drug-likeness (QED) is 0.508. The van der Waals surface area contributed by atoms with Gasteiger partial charge in [-0.3, -0.25) is 9.59 Å². The summed E-state index contributed by atoms with van der Waals surface area (Å²) in [7, 11) is 3.11. The summed E-state index contributed by atoms with van der Waals surface area (Å²) in [6.45, 7) is 4.34. The zero-order valence-corrected chi connectivity index (χ0v) is 20.1. The Kier molecular flexibility index (Phi) is 9.17. The molecule has 0 bridgehead atoms. The molecule has 1 saturated heterocycles. The lowest BCUT2D eigenvalue weighted by Crippen LogP contribution is -2.41. The van der Waals surface area contributed by atoms with Crippen molar-refractivity contribution in [2.45, 2.75) is 31.2 Å². The van der Waals surface area contributed by atoms with E-state index in [9.17, 15) is 9.59 Å². The Hall–Kier alpha value is -3.01. The average Bonchev–Trinajstić information content (AvgIpc) is 2.86. The lowest BCUT2D eigenvalue weighted by molar-refractivity contribution is -0.125. The number of rotatable bonds is 10. The van der Waals surface area contributed by atoms with Crippen molar-refractivity contribution in [3.05, 3.63) is 30.3 Å². The third-order valence-electron chi connectivity index (χ3n) is 5.38. The summed E-state index contributed by atoms with van der Waals surface area (Å²) >= 11 is 1.32. The predicted octanol–water partition coefficient (Wildman–Crippen LogP) is 2.97. The minimum absolute atomic E-state index is 0.0692. The number of hydrogen-bond acceptors (Lipinski definition) is 8. The van der Waals surface area contributed by atoms with E-state index in [0.29, 0.717) is 22.2 Å². The lowest BCUT2D eigenvalue weighted by atomic mass is 9.96. The summed E-state index contributed by atoms with van der Waals surface area (Å²) in [6, 6.07) is 9.00. The molecule has 1 aromatic heterocycles. The Labute approximate surface area is 198 Å². The molecule has 1 aliphatic heterocycles. The monoisotopic (exact) mass is 473 g/mol. The number of carbonyl (C=O) groups is 2. The molecule has 1 fully saturated rings. The number of benzene rings is 1. The number of methoxy groups -OCH3 is 2. The number of nitrogens with zero attached hydrogens (tertiary/aromatic N) is 3. The molecule has 178 valence electrons. The van der Waals surface area contributed by atoms with Crippen LogP contribution in [0.3, 0.4) is 0 Å². The van der Waals surface area contributed by atoms with Gasteiger partial charge in [-0.15, -0.1) is 10.2 Å². The molecular formula is C23H31N5O4S. The van der Waals surface area contributed by atoms with Crippen LogP contribution < -0.4 is 25.0 Å². The molecule has 10 heteroatoms. The van der Waals surface area contributed by atoms with Gasteiger partial charge in [-0.25, -0.2) is 0 Å². The maximum absolute atomic E-state index is 12.3. The van der Waals surface area contributed by atoms with Crippen LogP contribution in [0.25, 0.3) is 0 Å². The van der Waals surface area contributed by atoms with Crippen LogP contribution in [0.2, 0.25) is 0 Å². The fourth-order valence-electron chi connectivity index (χ4n) is 3.57. The van der Waals surface area contributed by atoms with Gasteiger partial charge in [-0.05, 0) is 43.5 Å². The smallest absolute Gasteiger partial charge is 0.234 e. The van der Waals surface area contributed by atoms with Crippen molar-refractivity contribution in [3.63, 3.8) is 0 Å². The molecule has 2 aromatic rings. The third kappa shape index (κ3) is 6.98. The minimum atomic E-state index is -0.151. The van der Waals surface area contributed by atoms with Gasteiger partial charge in [0, 0.05) is 37.3 Å². The molecule has 2 N–H and O–H groups in total. The summed E-state index contributed by atoms with van der Waals surface area (Å²) in [5.41, 5.74) is 0.631. The second kappa shape index (κ2) is 12.3. The standard InChI is InChI=1S/C23H31N5O4S/c1-4-11-24-23(30)16-9-12-28(13-10-16)20-7-8-22(27-26-20)33-15-21(29)25-17-5-6-18(31-2)19(14-17)32-3/h5-8,14,16H,4,9-13,15H2,1-3H3,(H,24,30)(H,25,29). The molecule has 0 unspecified atom stereocenters. The average molecular weight is 474 g/mol. The van der Waals surface area contributed by atoms with Crippen molar-refractivity contribution in [1.82, 2.24) is 15.5 Å². The number of piperidine rings is 1. The highest BCUT2D eigenvalue weighted by Gasteiger charge is 2.25. The number of carbonyl (C=O) groups excluding carboxylic acids is 2. The molecule has 2 heterocycles. The molecular weight excluding hydrogens is 442 g/mol. The van der Waals surface area contributed by atoms with Gasteiger partial charge in [-0.2, -0.15) is 0 Å². The predicted molar refractivity (Wildman–Crippen MR) is 129 cm³/mol. The summed E-state index contributed by atoms with van der Waals surface area (Å²) in [5.74, 6) is 2.23. The molecule has 33 heavy (non-hydrogen) atoms. The molecule has 0 spiro atoms. The number of amides is 2. The van der Waals surface area contributed by atoms with Crippen LogP contribution in [0.1, 0.15) is 26.2 Å². The van der Waals surface area contributed by atoms with E-state index >= 15 is 0 Å². The van der Waals surface area contributed by atoms with E-state index in [1.54, 1.807) is 32.4 Å². The van der Waals surface area contributed by atoms with Crippen LogP contribution in [0.15, 0.2) is 35.4 Å². The Morgan fingerprint density at radius 1 is 1.09 bits per heavy atom. The number of thioether (sulfide) groups is 1. The van der Waals surface area contributed by atoms with Crippen molar-refractivity contribution in [3.8, 4) is 11.5 Å². The summed E-state index contributed by atoms with van der Waals surface area (Å²) < 4.78 is 10.5. The first-order valence-electron chi connectivity index (χ1n) is 11.0. The normalized spacial score (nSPS) is 14.0. The zero-order chi connectivity index (χ0) is 23.6. The molecule has 3 rings (SSSR count). The number of anilines is 2. The fraction of sp³-hybridized carbons (Fsp3) is 0.478. The minimum Gasteiger partial charge on any atom is -0.493 e. The molecule has 0 radical (unpaired) electrons. The number of nitrogens with one attached hydrogen (secondary N) is 2. The van der Waals surface area contributed by atoms with Crippen molar-refractivity contribution in [2.75, 3.05) is 49.8 Å². The second-order valence-electron chi connectivity index (χ2n) is 7.69. The number of aromatic nitrogens is 2. The van der Waals surface area contributed by atoms with E-state index in [-0.39, 0.29) is 23.5 Å². The van der Waals surface area contributed by atoms with Gasteiger partial charge in [-0.1, -0.05) is 18.7 Å². The topological polar surface area (TPSA) is 106 Å². The van der Waals surface area contributed by atoms with E-state index in [0.717, 1.165) is 44.7 Å². The van der Waals surface area contributed by atoms with Crippen molar-refractivity contribution < 1.29 is 19.1 Å². The zero-order valence-electron chi connectivity index (χ0n) is 19.3. The fourth-order valence-corrected chi connectivity index (χ4v) is 4.19. The summed E-state index contributed by atoms with van der Waals surface area (Å²) in [6.07, 6.45) is 2.57. The second-order valence-corrected chi connectivity index (χ2v) is 8.68. The maximum Gasteiger partial charge on any atom is 0.234 e. The molecule has 0 aliphatic carbocycles. The summed E-state index contributed by atoms with van der Waals surface area (Å²) in [5, 5.41) is 15.1. The van der Waals surface area contributed by atoms with Gasteiger partial charge in [0.1, 0.15) is 5.03 Å². The SMILES string of the molecule is CCCNC(=O)C1CCN(c2ccc(SCC(=O)Nc3ccc(OC)c(OC)c3)nn2)CC1. The van der Waals surface area contributed by atoms with Gasteiger partial charge >= 0.3 is 0 Å². The molecule has 0 saturated carbocycles. The van der Waals surface area contributed by atoms with Crippen LogP contribution in [-0.4, -0.2) is 61.6 Å². The van der Waals surface area contributed by atoms with Crippen LogP contribution in [0.5, 0.6) is 11.5 Å². The van der Waals surface area contributed by atoms with Gasteiger partial charge in [0.15, 0.2) is 17.3 Å². The first-order valence-corrected chi connectivity index (χ1v) is 12.0. The Balaban J connectivity index is 1.45. The molecule has 0 atom stereocenters. The highest BCUT2D eigenvalue weighted by atomic mass is 32.2. The van der Waals surface area contributed by atoms with Crippen molar-refractivity contribution in [1.29, 1.82) is 0 Å². The van der Waals surface area contributed by atoms with Gasteiger partial charge in [0.05, 0.1) is 20.0 Å². The largest absolute Gasteiger partial charge is 0.493 e. The Morgan fingerprint density at radius 3 is 2.48 bits per heavy atom. The summed E-state index contributed by atoms with van der Waals surface area (Å²) in [4.78, 5) is 26.6. The van der Waals surface area contributed by atoms with Crippen LogP contribution in [0, 0.1) is 5.92 Å². The van der Waals surface area contributed by atoms with E-state index < -0.39 is 0 Å². The molecule has 9 nitrogen and oxygen atoms in total. The molecule has 1 aromatic carbocycles. The van der Waals surface area contributed by atoms with E-state index in [4.69, 9.17) is 9.47 Å². The lowest BCUT2D eigenvalue weighted by Gasteiger charge is -2.31. The third-order valence-corrected chi connectivity index (χ3v) is 6.30. The van der Waals surface area contributed by atoms with Crippen LogP contribution in [-0.2, 0) is 9.59 Å². The highest BCUT2D eigenvalue weighted by molar-refractivity contribution is 7.99. The Morgan fingerprint density at radius 2 is 1.85 bits per heavy atom. The van der Waals surface area contributed by atoms with Gasteiger partial charge in [0.2, 0.25) is 11.8 Å². The van der Waals surface area contributed by atoms with E-state index in [2.05, 4.69) is 25.7 Å². The van der Waals surface area contributed by atoms with E-state index in [1.165, 1.54) is 11.8 Å². The number of hydrogen-bond donors (Lipinski definition) is 2. The number of ether oxygens (including phenoxy) is 2. The van der Waals surface area contributed by atoms with Crippen LogP contribution in [0.4, 0.5) is 11.5 Å². The van der Waals surface area contributed by atoms with Crippen LogP contribution >= 0.6 is 11.8 Å². The molecule has 1 aliphatic rings. The van der Waals surface area contributed by atoms with Crippen molar-refractivity contribution >= 4 is 35.1 Å². The first kappa shape index (κ1) is 24.6. The first-order chi connectivity index (χ1) is 16.0. The van der Waals surface area contributed by atoms with Crippen molar-refractivity contribution in [2.24, 2.45) is 5.92 Å². The maximum atomic E-state index is 12.3. The van der Waals surface area contributed by atoms with Gasteiger partial charge < -0.3 is 25.0 Å². The Bertz CT molecular complexity index is 933. The highest BCUT2D eigenvalue weighted by Crippen LogP contribution is 2.30. The van der Waals surface area contributed by atoms with Gasteiger partial charge in [0.25, 0.3) is 0 Å². The van der Waals surface area contributed by atoms with E-state index in [1.807, 2.05) is 19.1 Å².